The van der Waals surface area contributed by atoms with Crippen molar-refractivity contribution in [2.75, 3.05) is 13.2 Å². The molecule has 0 saturated carbocycles. The van der Waals surface area contributed by atoms with E-state index in [9.17, 15) is 4.79 Å². The van der Waals surface area contributed by atoms with E-state index in [1.807, 2.05) is 24.3 Å². The number of ether oxygens (including phenoxy) is 2. The highest BCUT2D eigenvalue weighted by Gasteiger charge is 2.27. The van der Waals surface area contributed by atoms with Gasteiger partial charge in [-0.3, -0.25) is 4.79 Å². The first kappa shape index (κ1) is 13.7. The van der Waals surface area contributed by atoms with Crippen LogP contribution in [0.2, 0.25) is 0 Å². The summed E-state index contributed by atoms with van der Waals surface area (Å²) in [5.41, 5.74) is 2.51. The Labute approximate surface area is 137 Å². The molecule has 2 fully saturated rings. The predicted molar refractivity (Wildman–Crippen MR) is 92.5 cm³/mol. The Balaban J connectivity index is 1.81. The van der Waals surface area contributed by atoms with Crippen LogP contribution in [0.25, 0.3) is 20.2 Å². The molecule has 2 aliphatic heterocycles. The lowest BCUT2D eigenvalue weighted by molar-refractivity contribution is 0.407. The summed E-state index contributed by atoms with van der Waals surface area (Å²) in [5.74, 6) is 0. The topological polar surface area (TPSA) is 42.1 Å². The summed E-state index contributed by atoms with van der Waals surface area (Å²) in [6.07, 6.45) is 2.33. The van der Waals surface area contributed by atoms with E-state index in [4.69, 9.17) is 9.47 Å². The van der Waals surface area contributed by atoms with E-state index >= 15 is 0 Å². The highest BCUT2D eigenvalue weighted by Crippen LogP contribution is 2.33. The zero-order chi connectivity index (χ0) is 15.4. The average Bonchev–Trinajstić information content (AvgIpc) is 3.46. The molecule has 3 aromatic rings. The Hall–Kier alpha value is -1.75. The van der Waals surface area contributed by atoms with Crippen molar-refractivity contribution in [2.45, 2.75) is 25.0 Å². The first-order chi connectivity index (χ1) is 11.3. The van der Waals surface area contributed by atoms with Gasteiger partial charge in [-0.25, -0.2) is 0 Å². The molecule has 2 saturated heterocycles. The highest BCUT2D eigenvalue weighted by molar-refractivity contribution is 7.24. The van der Waals surface area contributed by atoms with Crippen LogP contribution in [0.4, 0.5) is 0 Å². The van der Waals surface area contributed by atoms with Gasteiger partial charge in [-0.1, -0.05) is 24.3 Å². The first-order valence-electron chi connectivity index (χ1n) is 7.99. The molecule has 3 heterocycles. The van der Waals surface area contributed by atoms with Gasteiger partial charge in [-0.15, -0.1) is 11.3 Å². The monoisotopic (exact) mass is 324 g/mol. The molecule has 2 aliphatic rings. The van der Waals surface area contributed by atoms with Gasteiger partial charge in [0.15, 0.2) is 5.43 Å². The Kier molecular flexibility index (Phi) is 3.05. The van der Waals surface area contributed by atoms with E-state index in [0.717, 1.165) is 51.8 Å². The van der Waals surface area contributed by atoms with Crippen LogP contribution >= 0.6 is 11.3 Å². The first-order valence-corrected chi connectivity index (χ1v) is 8.81. The fraction of sp³-hybridized carbons (Fsp3) is 0.316. The van der Waals surface area contributed by atoms with Crippen molar-refractivity contribution in [1.29, 1.82) is 0 Å². The molecule has 3 nitrogen and oxygen atoms in total. The third-order valence-corrected chi connectivity index (χ3v) is 5.84. The molecule has 0 bridgehead atoms. The number of rotatable bonds is 4. The van der Waals surface area contributed by atoms with Crippen LogP contribution in [-0.4, -0.2) is 25.4 Å². The van der Waals surface area contributed by atoms with Gasteiger partial charge in [0.2, 0.25) is 0 Å². The molecule has 2 aromatic carbocycles. The van der Waals surface area contributed by atoms with Crippen molar-refractivity contribution >= 4 is 31.5 Å². The van der Waals surface area contributed by atoms with Crippen molar-refractivity contribution in [1.82, 2.24) is 0 Å². The van der Waals surface area contributed by atoms with Crippen LogP contribution in [0, 0.1) is 0 Å². The molecule has 116 valence electrons. The van der Waals surface area contributed by atoms with Crippen molar-refractivity contribution in [3.63, 3.8) is 0 Å². The number of fused-ring (bicyclic) bond motifs is 2. The molecule has 0 amide bonds. The van der Waals surface area contributed by atoms with Crippen molar-refractivity contribution in [3.05, 3.63) is 57.7 Å². The molecule has 1 aromatic heterocycles. The van der Waals surface area contributed by atoms with Gasteiger partial charge in [-0.2, -0.15) is 0 Å². The van der Waals surface area contributed by atoms with E-state index in [1.165, 1.54) is 5.56 Å². The molecular formula is C19H16O3S. The van der Waals surface area contributed by atoms with Crippen LogP contribution in [0.5, 0.6) is 0 Å². The van der Waals surface area contributed by atoms with Crippen molar-refractivity contribution < 1.29 is 9.47 Å². The quantitative estimate of drug-likeness (QED) is 0.546. The van der Waals surface area contributed by atoms with Gasteiger partial charge in [0.05, 0.1) is 25.4 Å². The number of hydrogen-bond acceptors (Lipinski definition) is 4. The molecule has 0 spiro atoms. The fourth-order valence-electron chi connectivity index (χ4n) is 3.21. The SMILES string of the molecule is O=c1c2ccccc2sc2c(CC3CO3)ccc(CC3CO3)c12. The summed E-state index contributed by atoms with van der Waals surface area (Å²) in [6.45, 7) is 1.64. The van der Waals surface area contributed by atoms with Gasteiger partial charge in [-0.05, 0) is 23.3 Å². The maximum Gasteiger partial charge on any atom is 0.196 e. The van der Waals surface area contributed by atoms with Crippen molar-refractivity contribution in [3.8, 4) is 0 Å². The van der Waals surface area contributed by atoms with E-state index in [2.05, 4.69) is 12.1 Å². The maximum atomic E-state index is 13.1. The predicted octanol–water partition coefficient (Wildman–Crippen LogP) is 3.30. The molecule has 0 N–H and O–H groups in total. The van der Waals surface area contributed by atoms with Crippen LogP contribution in [0.3, 0.4) is 0 Å². The Morgan fingerprint density at radius 2 is 1.61 bits per heavy atom. The number of benzene rings is 2. The lowest BCUT2D eigenvalue weighted by Crippen LogP contribution is -2.08. The number of hydrogen-bond donors (Lipinski definition) is 0. The molecule has 4 heteroatoms. The van der Waals surface area contributed by atoms with Gasteiger partial charge < -0.3 is 9.47 Å². The third-order valence-electron chi connectivity index (χ3n) is 4.60. The smallest absolute Gasteiger partial charge is 0.196 e. The summed E-state index contributed by atoms with van der Waals surface area (Å²) in [7, 11) is 0. The Morgan fingerprint density at radius 3 is 2.35 bits per heavy atom. The van der Waals surface area contributed by atoms with Crippen LogP contribution < -0.4 is 5.43 Å². The Morgan fingerprint density at radius 1 is 0.957 bits per heavy atom. The van der Waals surface area contributed by atoms with Gasteiger partial charge in [0.25, 0.3) is 0 Å². The fourth-order valence-corrected chi connectivity index (χ4v) is 4.46. The summed E-state index contributed by atoms with van der Waals surface area (Å²) >= 11 is 1.73. The summed E-state index contributed by atoms with van der Waals surface area (Å²) in [4.78, 5) is 13.1. The van der Waals surface area contributed by atoms with E-state index in [0.29, 0.717) is 6.10 Å². The van der Waals surface area contributed by atoms with Crippen LogP contribution in [0.1, 0.15) is 11.1 Å². The summed E-state index contributed by atoms with van der Waals surface area (Å²) in [5, 5.41) is 1.71. The molecule has 0 radical (unpaired) electrons. The number of epoxide rings is 2. The molecule has 5 rings (SSSR count). The minimum absolute atomic E-state index is 0.156. The lowest BCUT2D eigenvalue weighted by atomic mass is 9.99. The average molecular weight is 324 g/mol. The van der Waals surface area contributed by atoms with Crippen LogP contribution in [0.15, 0.2) is 41.2 Å². The van der Waals surface area contributed by atoms with E-state index in [1.54, 1.807) is 11.3 Å². The van der Waals surface area contributed by atoms with E-state index < -0.39 is 0 Å². The Bertz CT molecular complexity index is 967. The molecule has 23 heavy (non-hydrogen) atoms. The van der Waals surface area contributed by atoms with E-state index in [-0.39, 0.29) is 11.5 Å². The maximum absolute atomic E-state index is 13.1. The lowest BCUT2D eigenvalue weighted by Gasteiger charge is -2.10. The molecule has 2 atom stereocenters. The molecular weight excluding hydrogens is 308 g/mol. The zero-order valence-electron chi connectivity index (χ0n) is 12.6. The zero-order valence-corrected chi connectivity index (χ0v) is 13.4. The summed E-state index contributed by atoms with van der Waals surface area (Å²) in [6, 6.07) is 12.2. The minimum atomic E-state index is 0.156. The second-order valence-corrected chi connectivity index (χ2v) is 7.39. The summed E-state index contributed by atoms with van der Waals surface area (Å²) < 4.78 is 13.0. The largest absolute Gasteiger partial charge is 0.373 e. The highest BCUT2D eigenvalue weighted by atomic mass is 32.1. The van der Waals surface area contributed by atoms with Gasteiger partial charge in [0, 0.05) is 33.0 Å². The normalized spacial score (nSPS) is 22.6. The second-order valence-electron chi connectivity index (χ2n) is 6.33. The van der Waals surface area contributed by atoms with Gasteiger partial charge in [0.1, 0.15) is 0 Å². The minimum Gasteiger partial charge on any atom is -0.373 e. The van der Waals surface area contributed by atoms with Crippen molar-refractivity contribution in [2.24, 2.45) is 0 Å². The van der Waals surface area contributed by atoms with Gasteiger partial charge >= 0.3 is 0 Å². The van der Waals surface area contributed by atoms with Crippen LogP contribution in [-0.2, 0) is 22.3 Å². The second kappa shape index (κ2) is 5.13. The standard InChI is InChI=1S/C19H16O3S/c20-18-15-3-1-2-4-16(15)23-19-12(8-14-10-22-14)6-5-11(17(18)19)7-13-9-21-13/h1-6,13-14H,7-10H2. The molecule has 2 unspecified atom stereocenters. The third kappa shape index (κ3) is 2.47. The molecule has 0 aliphatic carbocycles.